The molecule has 0 bridgehead atoms. The zero-order valence-corrected chi connectivity index (χ0v) is 10.2. The lowest BCUT2D eigenvalue weighted by atomic mass is 9.94. The second-order valence-corrected chi connectivity index (χ2v) is 4.51. The Morgan fingerprint density at radius 3 is 2.82 bits per heavy atom. The highest BCUT2D eigenvalue weighted by atomic mass is 16.5. The summed E-state index contributed by atoms with van der Waals surface area (Å²) in [5.41, 5.74) is 1.37. The van der Waals surface area contributed by atoms with Crippen LogP contribution in [0.5, 0.6) is 0 Å². The van der Waals surface area contributed by atoms with Crippen molar-refractivity contribution in [2.24, 2.45) is 0 Å². The molecule has 2 rings (SSSR count). The highest BCUT2D eigenvalue weighted by Gasteiger charge is 2.28. The molecular weight excluding hydrogens is 214 g/mol. The van der Waals surface area contributed by atoms with E-state index in [1.165, 1.54) is 25.5 Å². The molecule has 1 saturated carbocycles. The van der Waals surface area contributed by atoms with Gasteiger partial charge in [-0.05, 0) is 24.3 Å². The third-order valence-corrected chi connectivity index (χ3v) is 3.48. The van der Waals surface area contributed by atoms with E-state index in [-0.39, 0.29) is 5.97 Å². The Kier molecular flexibility index (Phi) is 4.15. The fraction of sp³-hybridized carbons (Fsp3) is 0.500. The summed E-state index contributed by atoms with van der Waals surface area (Å²) < 4.78 is 4.65. The molecular formula is C14H19NO2. The lowest BCUT2D eigenvalue weighted by Crippen LogP contribution is -2.35. The van der Waals surface area contributed by atoms with Gasteiger partial charge in [0.05, 0.1) is 13.7 Å². The molecule has 1 fully saturated rings. The van der Waals surface area contributed by atoms with Crippen LogP contribution in [0.15, 0.2) is 30.3 Å². The van der Waals surface area contributed by atoms with Crippen LogP contribution in [-0.4, -0.2) is 25.7 Å². The van der Waals surface area contributed by atoms with E-state index in [0.717, 1.165) is 6.42 Å². The summed E-state index contributed by atoms with van der Waals surface area (Å²) in [6, 6.07) is 10.9. The van der Waals surface area contributed by atoms with Gasteiger partial charge in [0.15, 0.2) is 0 Å². The van der Waals surface area contributed by atoms with Crippen molar-refractivity contribution in [1.29, 1.82) is 0 Å². The maximum Gasteiger partial charge on any atom is 0.319 e. The average molecular weight is 233 g/mol. The molecule has 1 aliphatic carbocycles. The fourth-order valence-electron chi connectivity index (χ4n) is 2.59. The SMILES string of the molecule is COC(=O)CN[C@H]1CCC[C@H]1c1ccccc1. The van der Waals surface area contributed by atoms with Crippen molar-refractivity contribution in [3.05, 3.63) is 35.9 Å². The van der Waals surface area contributed by atoms with Crippen LogP contribution in [0.25, 0.3) is 0 Å². The molecule has 0 spiro atoms. The maximum absolute atomic E-state index is 11.1. The second kappa shape index (κ2) is 5.82. The Bertz CT molecular complexity index is 364. The Morgan fingerprint density at radius 2 is 2.12 bits per heavy atom. The summed E-state index contributed by atoms with van der Waals surface area (Å²) in [6.45, 7) is 0.310. The number of esters is 1. The molecule has 0 heterocycles. The molecule has 3 heteroatoms. The second-order valence-electron chi connectivity index (χ2n) is 4.51. The minimum atomic E-state index is -0.191. The molecule has 1 aliphatic rings. The average Bonchev–Trinajstić information content (AvgIpc) is 2.85. The molecule has 0 radical (unpaired) electrons. The van der Waals surface area contributed by atoms with Gasteiger partial charge in [0, 0.05) is 6.04 Å². The molecule has 17 heavy (non-hydrogen) atoms. The van der Waals surface area contributed by atoms with Crippen molar-refractivity contribution >= 4 is 5.97 Å². The lowest BCUT2D eigenvalue weighted by Gasteiger charge is -2.20. The molecule has 1 N–H and O–H groups in total. The van der Waals surface area contributed by atoms with Gasteiger partial charge in [0.2, 0.25) is 0 Å². The molecule has 0 amide bonds. The highest BCUT2D eigenvalue weighted by molar-refractivity contribution is 5.71. The third kappa shape index (κ3) is 3.07. The van der Waals surface area contributed by atoms with Crippen LogP contribution >= 0.6 is 0 Å². The topological polar surface area (TPSA) is 38.3 Å². The molecule has 3 nitrogen and oxygen atoms in total. The molecule has 92 valence electrons. The normalized spacial score (nSPS) is 23.6. The van der Waals surface area contributed by atoms with Gasteiger partial charge in [-0.1, -0.05) is 36.8 Å². The van der Waals surface area contributed by atoms with E-state index in [1.54, 1.807) is 0 Å². The van der Waals surface area contributed by atoms with E-state index in [9.17, 15) is 4.79 Å². The van der Waals surface area contributed by atoms with Crippen LogP contribution in [-0.2, 0) is 9.53 Å². The van der Waals surface area contributed by atoms with Crippen LogP contribution in [0.2, 0.25) is 0 Å². The quantitative estimate of drug-likeness (QED) is 0.809. The smallest absolute Gasteiger partial charge is 0.319 e. The van der Waals surface area contributed by atoms with E-state index in [2.05, 4.69) is 34.3 Å². The van der Waals surface area contributed by atoms with Crippen LogP contribution in [0.1, 0.15) is 30.7 Å². The van der Waals surface area contributed by atoms with Gasteiger partial charge >= 0.3 is 5.97 Å². The number of nitrogens with one attached hydrogen (secondary N) is 1. The Labute approximate surface area is 102 Å². The summed E-state index contributed by atoms with van der Waals surface area (Å²) in [5.74, 6) is 0.338. The van der Waals surface area contributed by atoms with Crippen molar-refractivity contribution < 1.29 is 9.53 Å². The first-order valence-electron chi connectivity index (χ1n) is 6.16. The van der Waals surface area contributed by atoms with Crippen LogP contribution < -0.4 is 5.32 Å². The number of hydrogen-bond acceptors (Lipinski definition) is 3. The van der Waals surface area contributed by atoms with E-state index < -0.39 is 0 Å². The predicted octanol–water partition coefficient (Wildman–Crippen LogP) is 2.09. The Morgan fingerprint density at radius 1 is 1.35 bits per heavy atom. The number of benzene rings is 1. The third-order valence-electron chi connectivity index (χ3n) is 3.48. The number of rotatable bonds is 4. The monoisotopic (exact) mass is 233 g/mol. The van der Waals surface area contributed by atoms with Crippen LogP contribution in [0.4, 0.5) is 0 Å². The van der Waals surface area contributed by atoms with E-state index >= 15 is 0 Å². The maximum atomic E-state index is 11.1. The van der Waals surface area contributed by atoms with Crippen molar-refractivity contribution in [2.75, 3.05) is 13.7 Å². The summed E-state index contributed by atoms with van der Waals surface area (Å²) >= 11 is 0. The molecule has 0 aromatic heterocycles. The first-order chi connectivity index (χ1) is 8.31. The Balaban J connectivity index is 1.96. The minimum Gasteiger partial charge on any atom is -0.468 e. The molecule has 2 atom stereocenters. The van der Waals surface area contributed by atoms with Crippen LogP contribution in [0.3, 0.4) is 0 Å². The first kappa shape index (κ1) is 12.1. The highest BCUT2D eigenvalue weighted by Crippen LogP contribution is 2.34. The predicted molar refractivity (Wildman–Crippen MR) is 66.8 cm³/mol. The molecule has 0 saturated heterocycles. The standard InChI is InChI=1S/C14H19NO2/c1-17-14(16)10-15-13-9-5-8-12(13)11-6-3-2-4-7-11/h2-4,6-7,12-13,15H,5,8-10H2,1H3/t12-,13-/m0/s1. The van der Waals surface area contributed by atoms with Crippen LogP contribution in [0, 0.1) is 0 Å². The van der Waals surface area contributed by atoms with Crippen molar-refractivity contribution in [1.82, 2.24) is 5.32 Å². The summed E-state index contributed by atoms with van der Waals surface area (Å²) in [5, 5.41) is 3.31. The number of ether oxygens (including phenoxy) is 1. The lowest BCUT2D eigenvalue weighted by molar-refractivity contribution is -0.139. The fourth-order valence-corrected chi connectivity index (χ4v) is 2.59. The number of carbonyl (C=O) groups is 1. The number of carbonyl (C=O) groups excluding carboxylic acids is 1. The zero-order chi connectivity index (χ0) is 12.1. The van der Waals surface area contributed by atoms with E-state index in [1.807, 2.05) is 6.07 Å². The molecule has 1 aromatic rings. The molecule has 1 aromatic carbocycles. The van der Waals surface area contributed by atoms with Crippen molar-refractivity contribution in [2.45, 2.75) is 31.2 Å². The molecule has 0 aliphatic heterocycles. The van der Waals surface area contributed by atoms with Gasteiger partial charge in [0.1, 0.15) is 0 Å². The summed E-state index contributed by atoms with van der Waals surface area (Å²) in [4.78, 5) is 11.1. The largest absolute Gasteiger partial charge is 0.468 e. The van der Waals surface area contributed by atoms with Gasteiger partial charge in [-0.2, -0.15) is 0 Å². The van der Waals surface area contributed by atoms with Crippen molar-refractivity contribution in [3.8, 4) is 0 Å². The number of methoxy groups -OCH3 is 1. The van der Waals surface area contributed by atoms with Gasteiger partial charge < -0.3 is 10.1 Å². The number of hydrogen-bond donors (Lipinski definition) is 1. The van der Waals surface area contributed by atoms with Gasteiger partial charge in [0.25, 0.3) is 0 Å². The van der Waals surface area contributed by atoms with E-state index in [0.29, 0.717) is 18.5 Å². The van der Waals surface area contributed by atoms with Gasteiger partial charge in [-0.25, -0.2) is 0 Å². The zero-order valence-electron chi connectivity index (χ0n) is 10.2. The summed E-state index contributed by atoms with van der Waals surface area (Å²) in [7, 11) is 1.42. The Hall–Kier alpha value is -1.35. The first-order valence-corrected chi connectivity index (χ1v) is 6.16. The van der Waals surface area contributed by atoms with Crippen molar-refractivity contribution in [3.63, 3.8) is 0 Å². The van der Waals surface area contributed by atoms with E-state index in [4.69, 9.17) is 0 Å². The molecule has 0 unspecified atom stereocenters. The summed E-state index contributed by atoms with van der Waals surface area (Å²) in [6.07, 6.45) is 3.55. The minimum absolute atomic E-state index is 0.191. The van der Waals surface area contributed by atoms with Gasteiger partial charge in [-0.3, -0.25) is 4.79 Å². The van der Waals surface area contributed by atoms with Gasteiger partial charge in [-0.15, -0.1) is 0 Å².